The van der Waals surface area contributed by atoms with Crippen molar-refractivity contribution >= 4 is 32.6 Å². The van der Waals surface area contributed by atoms with Gasteiger partial charge in [0.05, 0.1) is 23.5 Å². The van der Waals surface area contributed by atoms with E-state index in [0.29, 0.717) is 42.8 Å². The fraction of sp³-hybridized carbons (Fsp3) is 0.409. The second-order valence-corrected chi connectivity index (χ2v) is 11.1. The molecule has 0 atom stereocenters. The number of carbonyl (C=O) groups is 2. The molecule has 2 aromatic heterocycles. The van der Waals surface area contributed by atoms with Gasteiger partial charge in [0, 0.05) is 42.7 Å². The first-order valence-corrected chi connectivity index (χ1v) is 12.6. The predicted octanol–water partition coefficient (Wildman–Crippen LogP) is 1.74. The van der Waals surface area contributed by atoms with Crippen molar-refractivity contribution in [1.29, 1.82) is 0 Å². The molecular weight excluding hydrogens is 430 g/mol. The lowest BCUT2D eigenvalue weighted by Gasteiger charge is -2.29. The molecule has 5 rings (SSSR count). The van der Waals surface area contributed by atoms with Gasteiger partial charge in [0.15, 0.2) is 0 Å². The Labute approximate surface area is 185 Å². The van der Waals surface area contributed by atoms with Crippen LogP contribution in [0, 0.1) is 0 Å². The number of benzene rings is 1. The predicted molar refractivity (Wildman–Crippen MR) is 119 cm³/mol. The molecule has 10 heteroatoms. The standard InChI is InChI=1S/C22H25N5O4S/c1-26(22(8-9-22)13-32(2,30)31)21(29)19-15-12-27(10-7-17(15)24-25-19)20(28)18-11-14-5-3-4-6-16(14)23-18/h3-6,11,23H,7-10,12-13H2,1-2H3,(H,24,25). The van der Waals surface area contributed by atoms with E-state index >= 15 is 0 Å². The van der Waals surface area contributed by atoms with Crippen molar-refractivity contribution in [2.75, 3.05) is 25.6 Å². The fourth-order valence-corrected chi connectivity index (χ4v) is 6.05. The summed E-state index contributed by atoms with van der Waals surface area (Å²) >= 11 is 0. The summed E-state index contributed by atoms with van der Waals surface area (Å²) in [6.07, 6.45) is 3.05. The van der Waals surface area contributed by atoms with Crippen LogP contribution >= 0.6 is 0 Å². The highest BCUT2D eigenvalue weighted by Gasteiger charge is 2.51. The van der Waals surface area contributed by atoms with E-state index in [1.807, 2.05) is 30.3 Å². The molecule has 3 aromatic rings. The van der Waals surface area contributed by atoms with Crippen LogP contribution in [-0.2, 0) is 22.8 Å². The van der Waals surface area contributed by atoms with Crippen molar-refractivity contribution in [1.82, 2.24) is 25.0 Å². The Morgan fingerprint density at radius 1 is 1.25 bits per heavy atom. The number of hydrogen-bond donors (Lipinski definition) is 2. The largest absolute Gasteiger partial charge is 0.351 e. The zero-order valence-electron chi connectivity index (χ0n) is 18.0. The number of para-hydroxylation sites is 1. The van der Waals surface area contributed by atoms with Crippen LogP contribution < -0.4 is 0 Å². The third-order valence-electron chi connectivity index (χ3n) is 6.56. The van der Waals surface area contributed by atoms with Crippen molar-refractivity contribution in [2.45, 2.75) is 31.3 Å². The van der Waals surface area contributed by atoms with Crippen LogP contribution in [-0.4, -0.2) is 76.4 Å². The Morgan fingerprint density at radius 3 is 2.69 bits per heavy atom. The quantitative estimate of drug-likeness (QED) is 0.607. The van der Waals surface area contributed by atoms with Crippen LogP contribution in [0.4, 0.5) is 0 Å². The Balaban J connectivity index is 1.38. The molecule has 3 heterocycles. The second-order valence-electron chi connectivity index (χ2n) is 8.93. The Hall–Kier alpha value is -3.14. The van der Waals surface area contributed by atoms with E-state index < -0.39 is 15.4 Å². The van der Waals surface area contributed by atoms with Crippen LogP contribution in [0.1, 0.15) is 45.1 Å². The second kappa shape index (κ2) is 7.19. The maximum atomic E-state index is 13.3. The summed E-state index contributed by atoms with van der Waals surface area (Å²) in [4.78, 5) is 32.8. The smallest absolute Gasteiger partial charge is 0.272 e. The minimum Gasteiger partial charge on any atom is -0.351 e. The number of hydrogen-bond acceptors (Lipinski definition) is 5. The monoisotopic (exact) mass is 455 g/mol. The van der Waals surface area contributed by atoms with Gasteiger partial charge in [-0.25, -0.2) is 8.42 Å². The average molecular weight is 456 g/mol. The summed E-state index contributed by atoms with van der Waals surface area (Å²) in [6, 6.07) is 9.55. The van der Waals surface area contributed by atoms with Gasteiger partial charge in [0.2, 0.25) is 0 Å². The lowest BCUT2D eigenvalue weighted by molar-refractivity contribution is 0.0695. The van der Waals surface area contributed by atoms with Gasteiger partial charge in [0.25, 0.3) is 11.8 Å². The van der Waals surface area contributed by atoms with E-state index in [4.69, 9.17) is 0 Å². The molecule has 2 aliphatic rings. The molecule has 9 nitrogen and oxygen atoms in total. The molecule has 0 radical (unpaired) electrons. The third-order valence-corrected chi connectivity index (χ3v) is 7.62. The molecule has 1 aliphatic heterocycles. The number of H-pyrrole nitrogens is 2. The van der Waals surface area contributed by atoms with E-state index in [1.165, 1.54) is 11.2 Å². The topological polar surface area (TPSA) is 119 Å². The number of nitrogens with zero attached hydrogens (tertiary/aromatic N) is 3. The first-order valence-electron chi connectivity index (χ1n) is 10.6. The highest BCUT2D eigenvalue weighted by Crippen LogP contribution is 2.43. The van der Waals surface area contributed by atoms with Gasteiger partial charge in [-0.3, -0.25) is 14.7 Å². The highest BCUT2D eigenvalue weighted by molar-refractivity contribution is 7.90. The van der Waals surface area contributed by atoms with Gasteiger partial charge < -0.3 is 14.8 Å². The molecular formula is C22H25N5O4S. The molecule has 0 spiro atoms. The van der Waals surface area contributed by atoms with Gasteiger partial charge in [-0.1, -0.05) is 18.2 Å². The van der Waals surface area contributed by atoms with Crippen molar-refractivity contribution in [3.05, 3.63) is 53.0 Å². The van der Waals surface area contributed by atoms with Gasteiger partial charge in [0.1, 0.15) is 21.2 Å². The molecule has 32 heavy (non-hydrogen) atoms. The lowest BCUT2D eigenvalue weighted by atomic mass is 10.0. The van der Waals surface area contributed by atoms with Crippen molar-refractivity contribution < 1.29 is 18.0 Å². The van der Waals surface area contributed by atoms with Gasteiger partial charge >= 0.3 is 0 Å². The number of aromatic amines is 2. The Kier molecular flexibility index (Phi) is 4.66. The molecule has 0 bridgehead atoms. The first kappa shape index (κ1) is 20.7. The molecule has 2 N–H and O–H groups in total. The summed E-state index contributed by atoms with van der Waals surface area (Å²) in [5.41, 5.74) is 2.56. The van der Waals surface area contributed by atoms with Crippen LogP contribution in [0.2, 0.25) is 0 Å². The highest BCUT2D eigenvalue weighted by atomic mass is 32.2. The fourth-order valence-electron chi connectivity index (χ4n) is 4.59. The number of rotatable bonds is 5. The minimum atomic E-state index is -3.22. The first-order chi connectivity index (χ1) is 15.2. The number of aromatic nitrogens is 3. The lowest BCUT2D eigenvalue weighted by Crippen LogP contribution is -2.44. The maximum absolute atomic E-state index is 13.3. The summed E-state index contributed by atoms with van der Waals surface area (Å²) < 4.78 is 23.7. The Morgan fingerprint density at radius 2 is 2.00 bits per heavy atom. The Bertz CT molecular complexity index is 1300. The van der Waals surface area contributed by atoms with E-state index in [9.17, 15) is 18.0 Å². The van der Waals surface area contributed by atoms with Crippen molar-refractivity contribution in [2.24, 2.45) is 0 Å². The SMILES string of the molecule is CN(C(=O)c1[nH]nc2c1CN(C(=O)c1cc3ccccc3[nH]1)CC2)C1(CS(C)(=O)=O)CC1. The summed E-state index contributed by atoms with van der Waals surface area (Å²) in [6.45, 7) is 0.779. The third kappa shape index (κ3) is 3.58. The molecule has 0 saturated heterocycles. The van der Waals surface area contributed by atoms with Crippen molar-refractivity contribution in [3.8, 4) is 0 Å². The van der Waals surface area contributed by atoms with E-state index in [0.717, 1.165) is 16.6 Å². The number of carbonyl (C=O) groups excluding carboxylic acids is 2. The molecule has 168 valence electrons. The summed E-state index contributed by atoms with van der Waals surface area (Å²) in [5, 5.41) is 8.11. The molecule has 1 saturated carbocycles. The zero-order valence-corrected chi connectivity index (χ0v) is 18.8. The normalized spacial score (nSPS) is 17.2. The van der Waals surface area contributed by atoms with Gasteiger partial charge in [-0.05, 0) is 25.0 Å². The van der Waals surface area contributed by atoms with Gasteiger partial charge in [-0.2, -0.15) is 5.10 Å². The van der Waals surface area contributed by atoms with Crippen molar-refractivity contribution in [3.63, 3.8) is 0 Å². The maximum Gasteiger partial charge on any atom is 0.272 e. The summed E-state index contributed by atoms with van der Waals surface area (Å²) in [5.74, 6) is -0.473. The average Bonchev–Trinajstić information content (AvgIpc) is 3.21. The van der Waals surface area contributed by atoms with Crippen LogP contribution in [0.5, 0.6) is 0 Å². The molecule has 1 aliphatic carbocycles. The van der Waals surface area contributed by atoms with E-state index in [1.54, 1.807) is 11.9 Å². The molecule has 2 amide bonds. The van der Waals surface area contributed by atoms with Crippen LogP contribution in [0.3, 0.4) is 0 Å². The number of nitrogens with one attached hydrogen (secondary N) is 2. The van der Waals surface area contributed by atoms with Crippen LogP contribution in [0.25, 0.3) is 10.9 Å². The molecule has 0 unspecified atom stereocenters. The van der Waals surface area contributed by atoms with Gasteiger partial charge in [-0.15, -0.1) is 0 Å². The molecule has 1 aromatic carbocycles. The number of fused-ring (bicyclic) bond motifs is 2. The number of sulfone groups is 1. The van der Waals surface area contributed by atoms with E-state index in [2.05, 4.69) is 15.2 Å². The molecule has 1 fully saturated rings. The number of amides is 2. The van der Waals surface area contributed by atoms with E-state index in [-0.39, 0.29) is 24.1 Å². The zero-order chi connectivity index (χ0) is 22.7. The van der Waals surface area contributed by atoms with Crippen LogP contribution in [0.15, 0.2) is 30.3 Å². The summed E-state index contributed by atoms with van der Waals surface area (Å²) in [7, 11) is -1.58. The minimum absolute atomic E-state index is 0.0520.